The van der Waals surface area contributed by atoms with Gasteiger partial charge in [0, 0.05) is 26.2 Å². The van der Waals surface area contributed by atoms with Gasteiger partial charge in [-0.1, -0.05) is 17.7 Å². The number of hydrogen-bond donors (Lipinski definition) is 0. The zero-order valence-corrected chi connectivity index (χ0v) is 22.7. The number of hydrogen-bond acceptors (Lipinski definition) is 10. The van der Waals surface area contributed by atoms with Gasteiger partial charge in [-0.15, -0.1) is 0 Å². The first-order valence-electron chi connectivity index (χ1n) is 12.4. The van der Waals surface area contributed by atoms with Crippen molar-refractivity contribution in [2.24, 2.45) is 0 Å². The zero-order chi connectivity index (χ0) is 28.3. The van der Waals surface area contributed by atoms with Gasteiger partial charge in [0.25, 0.3) is 5.89 Å². The van der Waals surface area contributed by atoms with Crippen LogP contribution in [0.3, 0.4) is 0 Å². The van der Waals surface area contributed by atoms with E-state index >= 15 is 0 Å². The van der Waals surface area contributed by atoms with Crippen LogP contribution in [0.15, 0.2) is 74.4 Å². The second-order valence-corrected chi connectivity index (χ2v) is 11.0. The average Bonchev–Trinajstić information content (AvgIpc) is 3.64. The van der Waals surface area contributed by atoms with Gasteiger partial charge in [-0.05, 0) is 55.5 Å². The molecule has 3 heterocycles. The third-order valence-corrected chi connectivity index (χ3v) is 8.34. The Kier molecular flexibility index (Phi) is 7.59. The molecular weight excluding hydrogens is 536 g/mol. The molecule has 1 aliphatic rings. The summed E-state index contributed by atoms with van der Waals surface area (Å²) in [6, 6.07) is 18.8. The molecule has 206 valence electrons. The molecular formula is C28H26N4O7S. The van der Waals surface area contributed by atoms with E-state index in [0.29, 0.717) is 17.3 Å². The van der Waals surface area contributed by atoms with E-state index in [9.17, 15) is 18.5 Å². The SMILES string of the molecule is COC(=O)c1ccc(S(=O)(=O)N2CCN(c3oc(-c4ccc(COc5ccc(C)cc5)o4)nc3C#N)CC2)cc1. The summed E-state index contributed by atoms with van der Waals surface area (Å²) in [7, 11) is -2.52. The molecule has 12 heteroatoms. The molecule has 0 aliphatic carbocycles. The summed E-state index contributed by atoms with van der Waals surface area (Å²) in [6.45, 7) is 3.13. The Hall–Kier alpha value is -4.60. The van der Waals surface area contributed by atoms with E-state index < -0.39 is 16.0 Å². The number of ether oxygens (including phenoxy) is 2. The second kappa shape index (κ2) is 11.3. The van der Waals surface area contributed by atoms with E-state index in [-0.39, 0.29) is 60.7 Å². The van der Waals surface area contributed by atoms with Crippen molar-refractivity contribution < 1.29 is 31.5 Å². The lowest BCUT2D eigenvalue weighted by atomic mass is 10.2. The van der Waals surface area contributed by atoms with Gasteiger partial charge in [0.15, 0.2) is 5.76 Å². The lowest BCUT2D eigenvalue weighted by molar-refractivity contribution is 0.0600. The normalized spacial score (nSPS) is 14.1. The van der Waals surface area contributed by atoms with E-state index in [1.165, 1.54) is 35.7 Å². The van der Waals surface area contributed by atoms with Crippen molar-refractivity contribution in [1.29, 1.82) is 5.26 Å². The lowest BCUT2D eigenvalue weighted by Gasteiger charge is -2.33. The largest absolute Gasteiger partial charge is 0.486 e. The Bertz CT molecular complexity index is 1640. The first kappa shape index (κ1) is 27.0. The Morgan fingerprint density at radius 2 is 1.70 bits per heavy atom. The van der Waals surface area contributed by atoms with E-state index in [0.717, 1.165) is 5.56 Å². The van der Waals surface area contributed by atoms with Crippen molar-refractivity contribution in [3.8, 4) is 23.5 Å². The predicted octanol–water partition coefficient (Wildman–Crippen LogP) is 3.99. The van der Waals surface area contributed by atoms with Crippen molar-refractivity contribution in [3.63, 3.8) is 0 Å². The van der Waals surface area contributed by atoms with Crippen LogP contribution in [-0.4, -0.2) is 57.0 Å². The molecule has 1 fully saturated rings. The maximum atomic E-state index is 13.1. The fourth-order valence-electron chi connectivity index (χ4n) is 4.23. The number of aromatic nitrogens is 1. The van der Waals surface area contributed by atoms with Gasteiger partial charge in [-0.25, -0.2) is 13.2 Å². The summed E-state index contributed by atoms with van der Waals surface area (Å²) in [5.41, 5.74) is 1.48. The molecule has 0 bridgehead atoms. The molecule has 4 aromatic rings. The standard InChI is InChI=1S/C28H26N4O7S/c1-19-3-7-21(8-4-19)37-18-22-9-12-25(38-22)26-30-24(17-29)27(39-26)31-13-15-32(16-14-31)40(34,35)23-10-5-20(6-11-23)28(33)36-2/h3-12H,13-16,18H2,1-2H3. The molecule has 2 aromatic carbocycles. The van der Waals surface area contributed by atoms with Crippen molar-refractivity contribution in [3.05, 3.63) is 83.2 Å². The first-order valence-corrected chi connectivity index (χ1v) is 13.9. The van der Waals surface area contributed by atoms with E-state index in [2.05, 4.69) is 9.72 Å². The number of methoxy groups -OCH3 is 1. The molecule has 0 atom stereocenters. The summed E-state index contributed by atoms with van der Waals surface area (Å²) >= 11 is 0. The molecule has 0 spiro atoms. The molecule has 0 amide bonds. The molecule has 5 rings (SSSR count). The van der Waals surface area contributed by atoms with Crippen LogP contribution in [0.2, 0.25) is 0 Å². The van der Waals surface area contributed by atoms with Gasteiger partial charge in [0.1, 0.15) is 24.2 Å². The van der Waals surface area contributed by atoms with Crippen LogP contribution in [-0.2, 0) is 21.4 Å². The number of rotatable bonds is 8. The molecule has 0 unspecified atom stereocenters. The minimum Gasteiger partial charge on any atom is -0.486 e. The number of oxazole rings is 1. The van der Waals surface area contributed by atoms with Gasteiger partial charge in [-0.2, -0.15) is 14.6 Å². The third kappa shape index (κ3) is 5.56. The van der Waals surface area contributed by atoms with Crippen LogP contribution in [0, 0.1) is 18.3 Å². The number of sulfonamides is 1. The number of carbonyl (C=O) groups excluding carboxylic acids is 1. The number of anilines is 1. The summed E-state index contributed by atoms with van der Waals surface area (Å²) in [5.74, 6) is 1.49. The molecule has 2 aromatic heterocycles. The van der Waals surface area contributed by atoms with Crippen molar-refractivity contribution >= 4 is 21.9 Å². The van der Waals surface area contributed by atoms with Crippen LogP contribution in [0.25, 0.3) is 11.7 Å². The van der Waals surface area contributed by atoms with Crippen LogP contribution in [0.4, 0.5) is 5.88 Å². The van der Waals surface area contributed by atoms with Gasteiger partial charge >= 0.3 is 5.97 Å². The molecule has 11 nitrogen and oxygen atoms in total. The maximum absolute atomic E-state index is 13.1. The number of furan rings is 1. The highest BCUT2D eigenvalue weighted by molar-refractivity contribution is 7.89. The highest BCUT2D eigenvalue weighted by Gasteiger charge is 2.31. The predicted molar refractivity (Wildman–Crippen MR) is 143 cm³/mol. The van der Waals surface area contributed by atoms with Crippen LogP contribution in [0.5, 0.6) is 5.75 Å². The molecule has 0 saturated carbocycles. The van der Waals surface area contributed by atoms with Crippen molar-refractivity contribution in [2.75, 3.05) is 38.2 Å². The number of piperazine rings is 1. The van der Waals surface area contributed by atoms with Gasteiger partial charge in [0.2, 0.25) is 21.6 Å². The quantitative estimate of drug-likeness (QED) is 0.290. The number of nitrogens with zero attached hydrogens (tertiary/aromatic N) is 4. The number of benzene rings is 2. The van der Waals surface area contributed by atoms with Crippen LogP contribution >= 0.6 is 0 Å². The molecule has 0 radical (unpaired) electrons. The Morgan fingerprint density at radius 3 is 2.35 bits per heavy atom. The van der Waals surface area contributed by atoms with E-state index in [4.69, 9.17) is 13.6 Å². The molecule has 1 saturated heterocycles. The second-order valence-electron chi connectivity index (χ2n) is 9.06. The smallest absolute Gasteiger partial charge is 0.337 e. The number of carbonyl (C=O) groups is 1. The van der Waals surface area contributed by atoms with Gasteiger partial charge in [-0.3, -0.25) is 0 Å². The highest BCUT2D eigenvalue weighted by Crippen LogP contribution is 2.31. The Labute approximate surface area is 231 Å². The lowest BCUT2D eigenvalue weighted by Crippen LogP contribution is -2.48. The maximum Gasteiger partial charge on any atom is 0.337 e. The number of nitriles is 1. The summed E-state index contributed by atoms with van der Waals surface area (Å²) in [5, 5.41) is 9.66. The van der Waals surface area contributed by atoms with Crippen LogP contribution < -0.4 is 9.64 Å². The van der Waals surface area contributed by atoms with Crippen molar-refractivity contribution in [1.82, 2.24) is 9.29 Å². The summed E-state index contributed by atoms with van der Waals surface area (Å²) in [4.78, 5) is 17.8. The van der Waals surface area contributed by atoms with E-state index in [1.807, 2.05) is 37.3 Å². The average molecular weight is 563 g/mol. The third-order valence-electron chi connectivity index (χ3n) is 6.43. The number of aryl methyl sites for hydroxylation is 1. The van der Waals surface area contributed by atoms with Gasteiger partial charge in [0.05, 0.1) is 17.6 Å². The Morgan fingerprint density at radius 1 is 1.00 bits per heavy atom. The molecule has 1 aliphatic heterocycles. The van der Waals surface area contributed by atoms with Crippen molar-refractivity contribution in [2.45, 2.75) is 18.4 Å². The van der Waals surface area contributed by atoms with Crippen LogP contribution in [0.1, 0.15) is 27.4 Å². The molecule has 40 heavy (non-hydrogen) atoms. The first-order chi connectivity index (χ1) is 19.3. The molecule has 0 N–H and O–H groups in total. The fourth-order valence-corrected chi connectivity index (χ4v) is 5.65. The monoisotopic (exact) mass is 562 g/mol. The Balaban J connectivity index is 1.24. The topological polar surface area (TPSA) is 139 Å². The van der Waals surface area contributed by atoms with Gasteiger partial charge < -0.3 is 23.2 Å². The summed E-state index contributed by atoms with van der Waals surface area (Å²) < 4.78 is 49.8. The minimum absolute atomic E-state index is 0.0771. The highest BCUT2D eigenvalue weighted by atomic mass is 32.2. The zero-order valence-electron chi connectivity index (χ0n) is 21.9. The minimum atomic E-state index is -3.78. The fraction of sp³-hybridized carbons (Fsp3) is 0.250. The summed E-state index contributed by atoms with van der Waals surface area (Å²) in [6.07, 6.45) is 0. The number of esters is 1. The van der Waals surface area contributed by atoms with E-state index in [1.54, 1.807) is 17.0 Å².